The zero-order chi connectivity index (χ0) is 13.6. The maximum Gasteiger partial charge on any atom is 0.278 e. The fraction of sp³-hybridized carbons (Fsp3) is 0. The van der Waals surface area contributed by atoms with E-state index in [-0.39, 0.29) is 21.6 Å². The molecule has 0 spiro atoms. The second kappa shape index (κ2) is 4.16. The molecule has 0 atom stereocenters. The van der Waals surface area contributed by atoms with E-state index in [2.05, 4.69) is 35.9 Å². The Hall–Kier alpha value is -2.22. The van der Waals surface area contributed by atoms with E-state index < -0.39 is 11.4 Å². The van der Waals surface area contributed by atoms with Crippen molar-refractivity contribution in [1.82, 2.24) is 19.9 Å². The molecule has 0 amide bonds. The van der Waals surface area contributed by atoms with Crippen LogP contribution in [0.5, 0.6) is 0 Å². The molecule has 8 heteroatoms. The number of nitrogens with zero attached hydrogens (tertiary/aromatic N) is 2. The summed E-state index contributed by atoms with van der Waals surface area (Å²) in [5.41, 5.74) is 5.89. The molecule has 0 aliphatic rings. The number of benzene rings is 1. The van der Waals surface area contributed by atoms with E-state index in [1.165, 1.54) is 6.07 Å². The third-order valence-corrected chi connectivity index (χ3v) is 3.39. The molecule has 2 aromatic heterocycles. The molecule has 0 fully saturated rings. The smallest absolute Gasteiger partial charge is 0.278 e. The van der Waals surface area contributed by atoms with Crippen LogP contribution in [0.1, 0.15) is 0 Å². The van der Waals surface area contributed by atoms with E-state index >= 15 is 0 Å². The fourth-order valence-electron chi connectivity index (χ4n) is 1.74. The number of fused-ring (bicyclic) bond motifs is 1. The van der Waals surface area contributed by atoms with Crippen LogP contribution in [-0.2, 0) is 0 Å². The van der Waals surface area contributed by atoms with Gasteiger partial charge in [-0.05, 0) is 28.1 Å². The maximum absolute atomic E-state index is 13.5. The lowest BCUT2D eigenvalue weighted by Crippen LogP contribution is -2.10. The Bertz CT molecular complexity index is 841. The summed E-state index contributed by atoms with van der Waals surface area (Å²) < 4.78 is 13.7. The SMILES string of the molecule is Nc1nc2nc(-c3cccc(F)c3Br)[nH]c2c(=O)[nH]1. The Morgan fingerprint density at radius 1 is 1.26 bits per heavy atom. The molecule has 0 aliphatic carbocycles. The van der Waals surface area contributed by atoms with Crippen LogP contribution in [0.2, 0.25) is 0 Å². The Morgan fingerprint density at radius 2 is 2.05 bits per heavy atom. The molecule has 0 radical (unpaired) electrons. The largest absolute Gasteiger partial charge is 0.369 e. The standard InChI is InChI=1S/C11H7BrFN5O/c12-6-4(2-1-3-5(6)13)8-15-7-9(16-8)17-11(14)18-10(7)19/h1-3H,(H4,14,15,16,17,18,19). The maximum atomic E-state index is 13.5. The van der Waals surface area contributed by atoms with Gasteiger partial charge in [0.2, 0.25) is 5.95 Å². The fourth-order valence-corrected chi connectivity index (χ4v) is 2.19. The zero-order valence-corrected chi connectivity index (χ0v) is 11.0. The summed E-state index contributed by atoms with van der Waals surface area (Å²) in [6.07, 6.45) is 0. The molecule has 3 aromatic rings. The quantitative estimate of drug-likeness (QED) is 0.635. The van der Waals surface area contributed by atoms with Gasteiger partial charge in [-0.3, -0.25) is 9.78 Å². The topological polar surface area (TPSA) is 100 Å². The Balaban J connectivity index is 2.30. The first-order valence-corrected chi connectivity index (χ1v) is 6.05. The molecule has 0 saturated heterocycles. The van der Waals surface area contributed by atoms with Crippen LogP contribution in [0.15, 0.2) is 27.5 Å². The van der Waals surface area contributed by atoms with Crippen LogP contribution in [0.4, 0.5) is 10.3 Å². The Kier molecular flexibility index (Phi) is 2.59. The predicted octanol–water partition coefficient (Wildman–Crippen LogP) is 1.80. The number of rotatable bonds is 1. The summed E-state index contributed by atoms with van der Waals surface area (Å²) in [7, 11) is 0. The van der Waals surface area contributed by atoms with Crippen LogP contribution < -0.4 is 11.3 Å². The van der Waals surface area contributed by atoms with Crippen molar-refractivity contribution < 1.29 is 4.39 Å². The van der Waals surface area contributed by atoms with Crippen LogP contribution in [0.25, 0.3) is 22.6 Å². The molecule has 0 bridgehead atoms. The lowest BCUT2D eigenvalue weighted by Gasteiger charge is -2.00. The van der Waals surface area contributed by atoms with Crippen LogP contribution >= 0.6 is 15.9 Å². The second-order valence-corrected chi connectivity index (χ2v) is 4.63. The highest BCUT2D eigenvalue weighted by molar-refractivity contribution is 9.10. The van der Waals surface area contributed by atoms with Gasteiger partial charge in [0, 0.05) is 5.56 Å². The van der Waals surface area contributed by atoms with E-state index in [4.69, 9.17) is 5.73 Å². The van der Waals surface area contributed by atoms with Crippen molar-refractivity contribution in [2.45, 2.75) is 0 Å². The number of anilines is 1. The van der Waals surface area contributed by atoms with Crippen LogP contribution in [-0.4, -0.2) is 19.9 Å². The minimum atomic E-state index is -0.422. The molecular formula is C11H7BrFN5O. The number of aromatic nitrogens is 4. The number of halogens is 2. The van der Waals surface area contributed by atoms with E-state index in [0.29, 0.717) is 11.4 Å². The molecule has 2 heterocycles. The van der Waals surface area contributed by atoms with Gasteiger partial charge in [-0.1, -0.05) is 6.07 Å². The molecule has 96 valence electrons. The summed E-state index contributed by atoms with van der Waals surface area (Å²) >= 11 is 3.14. The van der Waals surface area contributed by atoms with Crippen molar-refractivity contribution in [1.29, 1.82) is 0 Å². The summed E-state index contributed by atoms with van der Waals surface area (Å²) in [5.74, 6) is -0.0989. The molecular weight excluding hydrogens is 317 g/mol. The van der Waals surface area contributed by atoms with Gasteiger partial charge in [0.25, 0.3) is 5.56 Å². The lowest BCUT2D eigenvalue weighted by atomic mass is 10.2. The van der Waals surface area contributed by atoms with Crippen molar-refractivity contribution in [3.63, 3.8) is 0 Å². The molecule has 0 saturated carbocycles. The number of nitrogen functional groups attached to an aromatic ring is 1. The molecule has 1 aromatic carbocycles. The summed E-state index contributed by atoms with van der Waals surface area (Å²) in [6, 6.07) is 4.54. The van der Waals surface area contributed by atoms with Crippen molar-refractivity contribution in [2.75, 3.05) is 5.73 Å². The van der Waals surface area contributed by atoms with Gasteiger partial charge in [-0.2, -0.15) is 4.98 Å². The summed E-state index contributed by atoms with van der Waals surface area (Å²) in [4.78, 5) is 24.9. The predicted molar refractivity (Wildman–Crippen MR) is 72.0 cm³/mol. The average Bonchev–Trinajstić information content (AvgIpc) is 2.76. The van der Waals surface area contributed by atoms with Gasteiger partial charge >= 0.3 is 0 Å². The second-order valence-electron chi connectivity index (χ2n) is 3.84. The number of imidazole rings is 1. The summed E-state index contributed by atoms with van der Waals surface area (Å²) in [5, 5.41) is 0. The monoisotopic (exact) mass is 323 g/mol. The third-order valence-electron chi connectivity index (χ3n) is 2.59. The van der Waals surface area contributed by atoms with Crippen molar-refractivity contribution >= 4 is 33.0 Å². The van der Waals surface area contributed by atoms with Crippen molar-refractivity contribution in [2.24, 2.45) is 0 Å². The highest BCUT2D eigenvalue weighted by atomic mass is 79.9. The minimum Gasteiger partial charge on any atom is -0.369 e. The number of nitrogens with two attached hydrogens (primary N) is 1. The van der Waals surface area contributed by atoms with Gasteiger partial charge in [0.15, 0.2) is 11.2 Å². The lowest BCUT2D eigenvalue weighted by molar-refractivity contribution is 0.621. The van der Waals surface area contributed by atoms with Gasteiger partial charge in [-0.25, -0.2) is 9.37 Å². The normalized spacial score (nSPS) is 11.1. The van der Waals surface area contributed by atoms with Crippen molar-refractivity contribution in [3.05, 3.63) is 38.8 Å². The molecule has 6 nitrogen and oxygen atoms in total. The first kappa shape index (κ1) is 11.8. The zero-order valence-electron chi connectivity index (χ0n) is 9.37. The number of H-pyrrole nitrogens is 2. The van der Waals surface area contributed by atoms with Crippen LogP contribution in [0, 0.1) is 5.82 Å². The first-order valence-electron chi connectivity index (χ1n) is 5.26. The first-order chi connectivity index (χ1) is 9.06. The van der Waals surface area contributed by atoms with E-state index in [0.717, 1.165) is 0 Å². The molecule has 0 aliphatic heterocycles. The highest BCUT2D eigenvalue weighted by Crippen LogP contribution is 2.28. The molecule has 4 N–H and O–H groups in total. The van der Waals surface area contributed by atoms with Gasteiger partial charge in [-0.15, -0.1) is 0 Å². The highest BCUT2D eigenvalue weighted by Gasteiger charge is 2.14. The molecule has 19 heavy (non-hydrogen) atoms. The number of aromatic amines is 2. The van der Waals surface area contributed by atoms with Gasteiger partial charge in [0.05, 0.1) is 4.47 Å². The summed E-state index contributed by atoms with van der Waals surface area (Å²) in [6.45, 7) is 0. The van der Waals surface area contributed by atoms with E-state index in [1.807, 2.05) is 0 Å². The van der Waals surface area contributed by atoms with Crippen molar-refractivity contribution in [3.8, 4) is 11.4 Å². The molecule has 0 unspecified atom stereocenters. The van der Waals surface area contributed by atoms with Gasteiger partial charge < -0.3 is 10.7 Å². The minimum absolute atomic E-state index is 0.0196. The Morgan fingerprint density at radius 3 is 2.84 bits per heavy atom. The average molecular weight is 324 g/mol. The van der Waals surface area contributed by atoms with Crippen LogP contribution in [0.3, 0.4) is 0 Å². The van der Waals surface area contributed by atoms with Gasteiger partial charge in [0.1, 0.15) is 11.6 Å². The number of nitrogens with one attached hydrogen (secondary N) is 2. The number of hydrogen-bond donors (Lipinski definition) is 3. The number of hydrogen-bond acceptors (Lipinski definition) is 4. The third kappa shape index (κ3) is 1.89. The van der Waals surface area contributed by atoms with E-state index in [1.54, 1.807) is 12.1 Å². The Labute approximate surface area is 114 Å². The molecule has 3 rings (SSSR count). The van der Waals surface area contributed by atoms with E-state index in [9.17, 15) is 9.18 Å².